The molecule has 16 heteroatoms. The third-order valence-electron chi connectivity index (χ3n) is 13.4. The lowest BCUT2D eigenvalue weighted by Crippen LogP contribution is -2.12. The van der Waals surface area contributed by atoms with E-state index in [1.807, 2.05) is 27.7 Å². The Morgan fingerprint density at radius 3 is 0.776 bits per heavy atom. The van der Waals surface area contributed by atoms with E-state index in [0.29, 0.717) is 70.2 Å². The van der Waals surface area contributed by atoms with E-state index in [-0.39, 0.29) is 146 Å². The Bertz CT molecular complexity index is 2440. The molecule has 0 aromatic heterocycles. The largest absolute Gasteiger partial charge is 0.530 e. The smallest absolute Gasteiger partial charge is 0.507 e. The maximum absolute atomic E-state index is 14.6. The number of phosphoric ester groups is 2. The van der Waals surface area contributed by atoms with E-state index in [9.17, 15) is 38.5 Å². The van der Waals surface area contributed by atoms with Crippen LogP contribution in [0.5, 0.6) is 23.0 Å². The summed E-state index contributed by atoms with van der Waals surface area (Å²) in [5, 5.41) is 25.3. The number of hydrogen-bond donors (Lipinski definition) is 2. The maximum atomic E-state index is 14.6. The van der Waals surface area contributed by atoms with E-state index in [1.165, 1.54) is 0 Å². The lowest BCUT2D eigenvalue weighted by molar-refractivity contribution is 0.0971. The van der Waals surface area contributed by atoms with Crippen LogP contribution in [0.2, 0.25) is 0 Å². The van der Waals surface area contributed by atoms with Crippen LogP contribution in [-0.4, -0.2) is 59.8 Å². The Morgan fingerprint density at radius 1 is 0.368 bits per heavy atom. The number of carbonyl (C=O) groups is 4. The highest BCUT2D eigenvalue weighted by molar-refractivity contribution is 7.49. The number of carbonyl (C=O) groups excluding carboxylic acids is 4. The monoisotopic (exact) mass is 1090 g/mol. The van der Waals surface area contributed by atoms with E-state index in [1.54, 1.807) is 76.2 Å². The van der Waals surface area contributed by atoms with Crippen molar-refractivity contribution >= 4 is 38.8 Å². The van der Waals surface area contributed by atoms with Gasteiger partial charge in [0.25, 0.3) is 0 Å². The van der Waals surface area contributed by atoms with E-state index in [0.717, 1.165) is 51.4 Å². The van der Waals surface area contributed by atoms with Crippen molar-refractivity contribution in [2.45, 2.75) is 184 Å². The van der Waals surface area contributed by atoms with Gasteiger partial charge in [0.1, 0.15) is 23.0 Å². The summed E-state index contributed by atoms with van der Waals surface area (Å²) in [6, 6.07) is 13.0. The predicted octanol–water partition coefficient (Wildman–Crippen LogP) is 15.9. The number of unbranched alkanes of at least 4 members (excludes halogenated alkanes) is 8. The number of phenols is 2. The number of phosphoric acid groups is 2. The van der Waals surface area contributed by atoms with E-state index in [2.05, 4.69) is 0 Å². The molecule has 1 aliphatic carbocycles. The molecule has 0 saturated heterocycles. The average molecular weight is 1090 g/mol. The molecule has 0 atom stereocenters. The highest BCUT2D eigenvalue weighted by Gasteiger charge is 2.34. The molecule has 0 spiro atoms. The molecule has 4 aromatic carbocycles. The van der Waals surface area contributed by atoms with Gasteiger partial charge in [0, 0.05) is 95.9 Å². The van der Waals surface area contributed by atoms with Gasteiger partial charge in [-0.1, -0.05) is 79.1 Å². The van der Waals surface area contributed by atoms with Gasteiger partial charge in [-0.2, -0.15) is 0 Å². The van der Waals surface area contributed by atoms with Crippen molar-refractivity contribution in [1.82, 2.24) is 0 Å². The van der Waals surface area contributed by atoms with E-state index < -0.39 is 15.6 Å². The van der Waals surface area contributed by atoms with Gasteiger partial charge < -0.3 is 19.3 Å². The van der Waals surface area contributed by atoms with Crippen LogP contribution in [0.3, 0.4) is 0 Å². The zero-order chi connectivity index (χ0) is 55.4. The minimum atomic E-state index is -4.39. The number of rotatable bonds is 32. The fraction of sp³-hybridized carbons (Fsp3) is 0.533. The fourth-order valence-electron chi connectivity index (χ4n) is 9.55. The molecule has 416 valence electrons. The number of phenolic OH excluding ortho intramolecular Hbond substituents is 2. The van der Waals surface area contributed by atoms with Crippen molar-refractivity contribution in [3.63, 3.8) is 0 Å². The first-order valence-corrected chi connectivity index (χ1v) is 30.7. The van der Waals surface area contributed by atoms with Crippen molar-refractivity contribution in [3.05, 3.63) is 115 Å². The standard InChI is InChI=1S/C60H82O14P2/c1-9-17-21-25-53(61)41-29-45-37-49-33-43(55(63)27-23-19-11-3)35-51(59(49)73-75(67,69-13-5)70-14-6)39-47-31-42(54(62)26-22-18-10-2)32-48(58(47)66)40-52-36-44(56(64)28-24-20-12-4)34-50(38-46(30-41)57(45)65)60(52)74-76(68,71-15-7)72-16-8/h29-36,65-66H,9-28,37-40H2,1-8H3. The number of Topliss-reactive ketones (excluding diaryl/α,β-unsaturated/α-hetero) is 4. The normalized spacial score (nSPS) is 12.6. The number of hydrogen-bond acceptors (Lipinski definition) is 14. The highest BCUT2D eigenvalue weighted by atomic mass is 31.2. The second-order valence-corrected chi connectivity index (χ2v) is 22.7. The van der Waals surface area contributed by atoms with Crippen LogP contribution in [0.1, 0.15) is 244 Å². The summed E-state index contributed by atoms with van der Waals surface area (Å²) < 4.78 is 64.8. The Morgan fingerprint density at radius 2 is 0.579 bits per heavy atom. The summed E-state index contributed by atoms with van der Waals surface area (Å²) in [5.41, 5.74) is 3.41. The molecule has 1 aliphatic rings. The van der Waals surface area contributed by atoms with Gasteiger partial charge in [-0.05, 0) is 124 Å². The Balaban J connectivity index is 1.99. The predicted molar refractivity (Wildman–Crippen MR) is 297 cm³/mol. The Hall–Kier alpha value is -4.94. The molecule has 8 bridgehead atoms. The number of ketones is 4. The summed E-state index contributed by atoms with van der Waals surface area (Å²) in [6.45, 7) is 14.6. The number of aromatic hydroxyl groups is 2. The average Bonchev–Trinajstić information content (AvgIpc) is 3.38. The minimum Gasteiger partial charge on any atom is -0.507 e. The van der Waals surface area contributed by atoms with Crippen LogP contribution in [0.15, 0.2) is 48.5 Å². The van der Waals surface area contributed by atoms with Crippen molar-refractivity contribution in [3.8, 4) is 23.0 Å². The minimum absolute atomic E-state index is 0.0124. The maximum Gasteiger partial charge on any atom is 0.530 e. The van der Waals surface area contributed by atoms with Crippen LogP contribution < -0.4 is 9.05 Å². The molecule has 2 N–H and O–H groups in total. The van der Waals surface area contributed by atoms with E-state index in [4.69, 9.17) is 27.1 Å². The van der Waals surface area contributed by atoms with Gasteiger partial charge in [-0.15, -0.1) is 0 Å². The summed E-state index contributed by atoms with van der Waals surface area (Å²) in [5.74, 6) is -1.12. The molecule has 0 unspecified atom stereocenters. The lowest BCUT2D eigenvalue weighted by Gasteiger charge is -2.25. The molecule has 0 amide bonds. The molecule has 0 aliphatic heterocycles. The second kappa shape index (κ2) is 30.3. The molecule has 0 fully saturated rings. The summed E-state index contributed by atoms with van der Waals surface area (Å²) in [6.07, 6.45) is 9.53. The first kappa shape index (κ1) is 61.9. The molecule has 76 heavy (non-hydrogen) atoms. The molecule has 4 aromatic rings. The second-order valence-electron chi connectivity index (χ2n) is 19.5. The lowest BCUT2D eigenvalue weighted by atomic mass is 9.86. The highest BCUT2D eigenvalue weighted by Crippen LogP contribution is 2.54. The first-order valence-electron chi connectivity index (χ1n) is 27.8. The Kier molecular flexibility index (Phi) is 24.7. The number of fused-ring (bicyclic) bond motifs is 8. The molecule has 0 saturated carbocycles. The Labute approximate surface area is 451 Å². The van der Waals surface area contributed by atoms with Crippen molar-refractivity contribution < 1.29 is 65.7 Å². The van der Waals surface area contributed by atoms with Gasteiger partial charge in [-0.3, -0.25) is 37.3 Å². The van der Waals surface area contributed by atoms with Crippen molar-refractivity contribution in [2.75, 3.05) is 26.4 Å². The molecule has 5 rings (SSSR count). The third-order valence-corrected chi connectivity index (χ3v) is 16.5. The molecule has 14 nitrogen and oxygen atoms in total. The van der Waals surface area contributed by atoms with Gasteiger partial charge in [0.05, 0.1) is 26.4 Å². The van der Waals surface area contributed by atoms with Gasteiger partial charge in [-0.25, -0.2) is 9.13 Å². The quantitative estimate of drug-likeness (QED) is 0.0234. The van der Waals surface area contributed by atoms with Crippen LogP contribution >= 0.6 is 15.6 Å². The zero-order valence-corrected chi connectivity index (χ0v) is 48.1. The topological polar surface area (TPSA) is 198 Å². The van der Waals surface area contributed by atoms with Gasteiger partial charge in [0.15, 0.2) is 23.1 Å². The molecular formula is C60H82O14P2. The summed E-state index contributed by atoms with van der Waals surface area (Å²) >= 11 is 0. The molecule has 0 heterocycles. The summed E-state index contributed by atoms with van der Waals surface area (Å²) in [7, 11) is -8.78. The van der Waals surface area contributed by atoms with Crippen LogP contribution in [-0.2, 0) is 52.9 Å². The first-order chi connectivity index (χ1) is 36.5. The van der Waals surface area contributed by atoms with Gasteiger partial charge >= 0.3 is 15.6 Å². The SMILES string of the molecule is CCCCCC(=O)c1cc2c(O)c(c1)Cc1cc(C(=O)CCCCC)cc(c1OP(=O)(OCC)OCC)Cc1cc(C(=O)CCCCC)cc(c1O)Cc1cc(C(=O)CCCCC)cc(c1OP(=O)(OCC)OCC)C2. The molecular weight excluding hydrogens is 1010 g/mol. The van der Waals surface area contributed by atoms with Gasteiger partial charge in [0.2, 0.25) is 0 Å². The number of benzene rings is 4. The van der Waals surface area contributed by atoms with Crippen molar-refractivity contribution in [1.29, 1.82) is 0 Å². The third kappa shape index (κ3) is 17.0. The summed E-state index contributed by atoms with van der Waals surface area (Å²) in [4.78, 5) is 57.2. The van der Waals surface area contributed by atoms with Crippen LogP contribution in [0, 0.1) is 0 Å². The molecule has 0 radical (unpaired) electrons. The zero-order valence-electron chi connectivity index (χ0n) is 46.3. The van der Waals surface area contributed by atoms with E-state index >= 15 is 0 Å². The van der Waals surface area contributed by atoms with Crippen LogP contribution in [0.4, 0.5) is 0 Å². The van der Waals surface area contributed by atoms with Crippen LogP contribution in [0.25, 0.3) is 0 Å². The van der Waals surface area contributed by atoms with Crippen molar-refractivity contribution in [2.24, 2.45) is 0 Å². The fourth-order valence-corrected chi connectivity index (χ4v) is 12.1.